The van der Waals surface area contributed by atoms with E-state index >= 15 is 0 Å². The lowest BCUT2D eigenvalue weighted by atomic mass is 10.1. The molecule has 0 spiro atoms. The van der Waals surface area contributed by atoms with Crippen molar-refractivity contribution in [2.75, 3.05) is 5.32 Å². The zero-order chi connectivity index (χ0) is 16.4. The van der Waals surface area contributed by atoms with Crippen molar-refractivity contribution >= 4 is 39.9 Å². The largest absolute Gasteiger partial charge is 0.320 e. The second-order valence-electron chi connectivity index (χ2n) is 4.92. The van der Waals surface area contributed by atoms with E-state index in [1.165, 1.54) is 12.1 Å². The number of hydrogen-bond acceptors (Lipinski definition) is 4. The summed E-state index contributed by atoms with van der Waals surface area (Å²) >= 11 is 1.98. The summed E-state index contributed by atoms with van der Waals surface area (Å²) in [5, 5.41) is 13.7. The molecule has 114 valence electrons. The number of carbonyl (C=O) groups excluding carboxylic acids is 1. The summed E-state index contributed by atoms with van der Waals surface area (Å²) in [6, 6.07) is 6.09. The van der Waals surface area contributed by atoms with Gasteiger partial charge in [0.2, 0.25) is 0 Å². The molecule has 0 radical (unpaired) electrons. The lowest BCUT2D eigenvalue weighted by Gasteiger charge is -2.12. The van der Waals surface area contributed by atoms with E-state index in [0.717, 1.165) is 11.3 Å². The van der Waals surface area contributed by atoms with Gasteiger partial charge in [0.15, 0.2) is 0 Å². The van der Waals surface area contributed by atoms with Crippen LogP contribution in [0.25, 0.3) is 0 Å². The fourth-order valence-electron chi connectivity index (χ4n) is 2.19. The number of halogens is 1. The van der Waals surface area contributed by atoms with Crippen molar-refractivity contribution in [3.63, 3.8) is 0 Å². The van der Waals surface area contributed by atoms with Gasteiger partial charge in [-0.15, -0.1) is 0 Å². The quantitative estimate of drug-likeness (QED) is 0.474. The zero-order valence-electron chi connectivity index (χ0n) is 12.3. The minimum Gasteiger partial charge on any atom is -0.320 e. The van der Waals surface area contributed by atoms with Crippen molar-refractivity contribution in [3.05, 3.63) is 60.5 Å². The Morgan fingerprint density at radius 3 is 2.55 bits per heavy atom. The molecular formula is C15H14IN3O3. The summed E-state index contributed by atoms with van der Waals surface area (Å²) in [5.41, 5.74) is 3.29. The SMILES string of the molecule is Cc1cc(C)c(NC(=O)c2cc([N+](=O)[O-])ccc2I)c(C)n1. The number of amides is 1. The molecule has 0 atom stereocenters. The van der Waals surface area contributed by atoms with E-state index in [0.29, 0.717) is 15.0 Å². The van der Waals surface area contributed by atoms with E-state index in [4.69, 9.17) is 0 Å². The Labute approximate surface area is 141 Å². The highest BCUT2D eigenvalue weighted by atomic mass is 127. The Hall–Kier alpha value is -2.03. The van der Waals surface area contributed by atoms with Gasteiger partial charge in [0.05, 0.1) is 21.9 Å². The summed E-state index contributed by atoms with van der Waals surface area (Å²) in [5.74, 6) is -0.384. The maximum absolute atomic E-state index is 12.4. The average Bonchev–Trinajstić information content (AvgIpc) is 2.42. The van der Waals surface area contributed by atoms with Gasteiger partial charge in [-0.3, -0.25) is 19.9 Å². The highest BCUT2D eigenvalue weighted by Gasteiger charge is 2.17. The number of aryl methyl sites for hydroxylation is 3. The first kappa shape index (κ1) is 16.3. The minimum atomic E-state index is -0.517. The van der Waals surface area contributed by atoms with Crippen molar-refractivity contribution in [2.45, 2.75) is 20.8 Å². The Morgan fingerprint density at radius 2 is 1.95 bits per heavy atom. The van der Waals surface area contributed by atoms with Crippen LogP contribution in [0, 0.1) is 34.5 Å². The second kappa shape index (κ2) is 6.39. The van der Waals surface area contributed by atoms with Crippen LogP contribution in [-0.2, 0) is 0 Å². The molecule has 6 nitrogen and oxygen atoms in total. The average molecular weight is 411 g/mol. The van der Waals surface area contributed by atoms with E-state index < -0.39 is 4.92 Å². The molecule has 0 aliphatic rings. The van der Waals surface area contributed by atoms with Gasteiger partial charge >= 0.3 is 0 Å². The molecule has 1 aromatic carbocycles. The van der Waals surface area contributed by atoms with Crippen molar-refractivity contribution in [1.82, 2.24) is 4.98 Å². The maximum atomic E-state index is 12.4. The van der Waals surface area contributed by atoms with Crippen molar-refractivity contribution < 1.29 is 9.72 Å². The number of non-ortho nitro benzene ring substituents is 1. The number of rotatable bonds is 3. The third-order valence-electron chi connectivity index (χ3n) is 3.17. The first-order chi connectivity index (χ1) is 10.3. The molecule has 1 amide bonds. The topological polar surface area (TPSA) is 85.1 Å². The van der Waals surface area contributed by atoms with Gasteiger partial charge in [0.25, 0.3) is 11.6 Å². The van der Waals surface area contributed by atoms with Crippen LogP contribution in [-0.4, -0.2) is 15.8 Å². The van der Waals surface area contributed by atoms with Crippen LogP contribution in [0.4, 0.5) is 11.4 Å². The molecule has 22 heavy (non-hydrogen) atoms. The molecule has 2 rings (SSSR count). The summed E-state index contributed by atoms with van der Waals surface area (Å²) in [6.45, 7) is 5.58. The fraction of sp³-hybridized carbons (Fsp3) is 0.200. The predicted octanol–water partition coefficient (Wildman–Crippen LogP) is 3.77. The third kappa shape index (κ3) is 3.41. The summed E-state index contributed by atoms with van der Waals surface area (Å²) in [6.07, 6.45) is 0. The normalized spacial score (nSPS) is 10.4. The predicted molar refractivity (Wildman–Crippen MR) is 92.2 cm³/mol. The van der Waals surface area contributed by atoms with Gasteiger partial charge in [-0.2, -0.15) is 0 Å². The van der Waals surface area contributed by atoms with Crippen LogP contribution < -0.4 is 5.32 Å². The van der Waals surface area contributed by atoms with Gasteiger partial charge in [0, 0.05) is 21.4 Å². The monoisotopic (exact) mass is 411 g/mol. The Kier molecular flexibility index (Phi) is 4.74. The lowest BCUT2D eigenvalue weighted by molar-refractivity contribution is -0.384. The van der Waals surface area contributed by atoms with Crippen LogP contribution in [0.15, 0.2) is 24.3 Å². The Bertz CT molecular complexity index is 752. The van der Waals surface area contributed by atoms with E-state index in [1.807, 2.05) is 49.4 Å². The lowest BCUT2D eigenvalue weighted by Crippen LogP contribution is -2.16. The van der Waals surface area contributed by atoms with Crippen LogP contribution in [0.2, 0.25) is 0 Å². The van der Waals surface area contributed by atoms with Gasteiger partial charge in [0.1, 0.15) is 0 Å². The molecule has 0 aliphatic heterocycles. The van der Waals surface area contributed by atoms with Crippen molar-refractivity contribution in [2.24, 2.45) is 0 Å². The first-order valence-electron chi connectivity index (χ1n) is 6.49. The number of nitro benzene ring substituents is 1. The van der Waals surface area contributed by atoms with Crippen LogP contribution >= 0.6 is 22.6 Å². The number of nitro groups is 1. The number of aromatic nitrogens is 1. The number of nitrogens with zero attached hydrogens (tertiary/aromatic N) is 2. The smallest absolute Gasteiger partial charge is 0.270 e. The second-order valence-corrected chi connectivity index (χ2v) is 6.08. The molecule has 0 fully saturated rings. The number of benzene rings is 1. The fourth-order valence-corrected chi connectivity index (χ4v) is 2.77. The summed E-state index contributed by atoms with van der Waals surface area (Å²) in [4.78, 5) is 27.1. The van der Waals surface area contributed by atoms with Crippen molar-refractivity contribution in [1.29, 1.82) is 0 Å². The van der Waals surface area contributed by atoms with Crippen LogP contribution in [0.5, 0.6) is 0 Å². The van der Waals surface area contributed by atoms with Gasteiger partial charge in [-0.25, -0.2) is 0 Å². The molecule has 2 aromatic rings. The minimum absolute atomic E-state index is 0.110. The first-order valence-corrected chi connectivity index (χ1v) is 7.57. The van der Waals surface area contributed by atoms with Crippen LogP contribution in [0.1, 0.15) is 27.3 Å². The maximum Gasteiger partial charge on any atom is 0.270 e. The molecule has 0 saturated heterocycles. The molecule has 7 heteroatoms. The number of carbonyl (C=O) groups is 1. The highest BCUT2D eigenvalue weighted by molar-refractivity contribution is 14.1. The molecule has 0 saturated carbocycles. The highest BCUT2D eigenvalue weighted by Crippen LogP contribution is 2.23. The molecule has 1 heterocycles. The van der Waals surface area contributed by atoms with E-state index in [1.54, 1.807) is 6.07 Å². The summed E-state index contributed by atoms with van der Waals surface area (Å²) in [7, 11) is 0. The molecule has 0 aliphatic carbocycles. The van der Waals surface area contributed by atoms with Gasteiger partial charge in [-0.1, -0.05) is 0 Å². The van der Waals surface area contributed by atoms with Crippen LogP contribution in [0.3, 0.4) is 0 Å². The van der Waals surface area contributed by atoms with Gasteiger partial charge in [-0.05, 0) is 61.1 Å². The van der Waals surface area contributed by atoms with E-state index in [9.17, 15) is 14.9 Å². The molecule has 0 bridgehead atoms. The molecule has 1 N–H and O–H groups in total. The molecular weight excluding hydrogens is 397 g/mol. The Balaban J connectivity index is 2.38. The Morgan fingerprint density at radius 1 is 1.27 bits per heavy atom. The van der Waals surface area contributed by atoms with E-state index in [2.05, 4.69) is 10.3 Å². The number of hydrogen-bond donors (Lipinski definition) is 1. The third-order valence-corrected chi connectivity index (χ3v) is 4.11. The van der Waals surface area contributed by atoms with Gasteiger partial charge < -0.3 is 5.32 Å². The van der Waals surface area contributed by atoms with E-state index in [-0.39, 0.29) is 17.2 Å². The number of pyridine rings is 1. The molecule has 1 aromatic heterocycles. The number of anilines is 1. The number of nitrogens with one attached hydrogen (secondary N) is 1. The van der Waals surface area contributed by atoms with Crippen molar-refractivity contribution in [3.8, 4) is 0 Å². The zero-order valence-corrected chi connectivity index (χ0v) is 14.5. The standard InChI is InChI=1S/C15H14IN3O3/c1-8-6-9(2)17-10(3)14(8)18-15(20)12-7-11(19(21)22)4-5-13(12)16/h4-7H,1-3H3,(H,18,20). The summed E-state index contributed by atoms with van der Waals surface area (Å²) < 4.78 is 0.649. The molecule has 0 unspecified atom stereocenters.